The third-order valence-electron chi connectivity index (χ3n) is 2.11. The highest BCUT2D eigenvalue weighted by Gasteiger charge is 2.26. The predicted octanol–water partition coefficient (Wildman–Crippen LogP) is 0.954. The number of phenolic OH excluding ortho intramolecular Hbond substituents is 1. The highest BCUT2D eigenvalue weighted by Crippen LogP contribution is 2.34. The fourth-order valence-electron chi connectivity index (χ4n) is 1.09. The Labute approximate surface area is 103 Å². The number of nitrogens with zero attached hydrogens (tertiary/aromatic N) is 2. The Morgan fingerprint density at radius 2 is 2.17 bits per heavy atom. The first kappa shape index (κ1) is 13.7. The fraction of sp³-hybridized carbons (Fsp3) is 0.222. The van der Waals surface area contributed by atoms with Gasteiger partial charge in [-0.25, -0.2) is 8.42 Å². The normalized spacial score (nSPS) is 12.4. The summed E-state index contributed by atoms with van der Waals surface area (Å²) in [5.74, 6) is -0.585. The van der Waals surface area contributed by atoms with Crippen molar-refractivity contribution in [2.45, 2.75) is 12.2 Å². The molecule has 0 aliphatic rings. The number of para-hydroxylation sites is 1. The van der Waals surface area contributed by atoms with Gasteiger partial charge in [0.25, 0.3) is 5.69 Å². The summed E-state index contributed by atoms with van der Waals surface area (Å²) < 4.78 is 25.0. The molecule has 0 bridgehead atoms. The summed E-state index contributed by atoms with van der Waals surface area (Å²) >= 11 is 0. The molecule has 0 aliphatic heterocycles. The van der Waals surface area contributed by atoms with Gasteiger partial charge in [0.1, 0.15) is 5.75 Å². The van der Waals surface area contributed by atoms with Gasteiger partial charge in [-0.3, -0.25) is 14.8 Å². The minimum atomic E-state index is -4.12. The van der Waals surface area contributed by atoms with Crippen LogP contribution in [-0.4, -0.2) is 23.7 Å². The van der Waals surface area contributed by atoms with Gasteiger partial charge in [0, 0.05) is 6.07 Å². The van der Waals surface area contributed by atoms with Gasteiger partial charge in [-0.1, -0.05) is 6.07 Å². The summed E-state index contributed by atoms with van der Waals surface area (Å²) in [6.45, 7) is 1.12. The summed E-state index contributed by atoms with van der Waals surface area (Å²) in [6.07, 6.45) is 0. The van der Waals surface area contributed by atoms with Gasteiger partial charge in [-0.15, -0.1) is 0 Å². The van der Waals surface area contributed by atoms with E-state index in [-0.39, 0.29) is 0 Å². The second kappa shape index (κ2) is 4.89. The Bertz CT molecular complexity index is 620. The van der Waals surface area contributed by atoms with Crippen LogP contribution in [0.5, 0.6) is 5.75 Å². The molecule has 1 rings (SSSR count). The molecule has 0 saturated heterocycles. The molecule has 0 radical (unpaired) electrons. The fourth-order valence-corrected chi connectivity index (χ4v) is 1.89. The third kappa shape index (κ3) is 2.67. The SMILES string of the molecule is CC(C#N)S(=O)(=O)Nc1c(O)cccc1[N+](=O)[O-]. The molecule has 1 aromatic rings. The van der Waals surface area contributed by atoms with E-state index in [1.807, 2.05) is 4.72 Å². The van der Waals surface area contributed by atoms with Crippen molar-refractivity contribution in [3.05, 3.63) is 28.3 Å². The second-order valence-corrected chi connectivity index (χ2v) is 5.35. The van der Waals surface area contributed by atoms with Crippen LogP contribution in [0.1, 0.15) is 6.92 Å². The molecule has 18 heavy (non-hydrogen) atoms. The van der Waals surface area contributed by atoms with Crippen LogP contribution in [0.3, 0.4) is 0 Å². The molecular weight excluding hydrogens is 262 g/mol. The molecule has 8 nitrogen and oxygen atoms in total. The van der Waals surface area contributed by atoms with E-state index >= 15 is 0 Å². The zero-order chi connectivity index (χ0) is 13.9. The molecule has 0 aromatic heterocycles. The zero-order valence-corrected chi connectivity index (χ0v) is 10.0. The monoisotopic (exact) mass is 271 g/mol. The molecule has 0 saturated carbocycles. The van der Waals surface area contributed by atoms with Crippen LogP contribution in [0.25, 0.3) is 0 Å². The smallest absolute Gasteiger partial charge is 0.297 e. The number of rotatable bonds is 4. The second-order valence-electron chi connectivity index (χ2n) is 3.35. The van der Waals surface area contributed by atoms with E-state index in [0.29, 0.717) is 0 Å². The molecule has 0 spiro atoms. The predicted molar refractivity (Wildman–Crippen MR) is 62.4 cm³/mol. The molecule has 1 atom stereocenters. The number of aromatic hydroxyl groups is 1. The van der Waals surface area contributed by atoms with Crippen LogP contribution in [0, 0.1) is 21.4 Å². The van der Waals surface area contributed by atoms with Crippen LogP contribution in [0.2, 0.25) is 0 Å². The van der Waals surface area contributed by atoms with Crippen molar-refractivity contribution in [2.24, 2.45) is 0 Å². The minimum absolute atomic E-state index is 0.551. The summed E-state index contributed by atoms with van der Waals surface area (Å²) in [4.78, 5) is 9.86. The molecule has 1 aromatic carbocycles. The molecule has 0 aliphatic carbocycles. The topological polar surface area (TPSA) is 133 Å². The van der Waals surface area contributed by atoms with E-state index < -0.39 is 37.3 Å². The quantitative estimate of drug-likeness (QED) is 0.475. The van der Waals surface area contributed by atoms with Gasteiger partial charge in [0.05, 0.1) is 11.0 Å². The lowest BCUT2D eigenvalue weighted by molar-refractivity contribution is -0.383. The van der Waals surface area contributed by atoms with Crippen LogP contribution in [0.4, 0.5) is 11.4 Å². The summed E-state index contributed by atoms with van der Waals surface area (Å²) in [6, 6.07) is 4.83. The number of nitrogens with one attached hydrogen (secondary N) is 1. The van der Waals surface area contributed by atoms with Crippen LogP contribution >= 0.6 is 0 Å². The van der Waals surface area contributed by atoms with Crippen molar-refractivity contribution in [3.63, 3.8) is 0 Å². The first-order chi connectivity index (χ1) is 8.29. The Kier molecular flexibility index (Phi) is 3.73. The molecule has 1 unspecified atom stereocenters. The first-order valence-electron chi connectivity index (χ1n) is 4.67. The van der Waals surface area contributed by atoms with Crippen molar-refractivity contribution in [1.82, 2.24) is 0 Å². The van der Waals surface area contributed by atoms with Crippen molar-refractivity contribution >= 4 is 21.4 Å². The van der Waals surface area contributed by atoms with Crippen LogP contribution in [-0.2, 0) is 10.0 Å². The first-order valence-corrected chi connectivity index (χ1v) is 6.22. The van der Waals surface area contributed by atoms with Gasteiger partial charge in [-0.2, -0.15) is 5.26 Å². The average Bonchev–Trinajstić information content (AvgIpc) is 2.30. The number of sulfonamides is 1. The highest BCUT2D eigenvalue weighted by molar-refractivity contribution is 7.93. The third-order valence-corrected chi connectivity index (χ3v) is 3.63. The number of anilines is 1. The molecule has 9 heteroatoms. The maximum absolute atomic E-state index is 11.6. The Hall–Kier alpha value is -2.34. The molecule has 0 heterocycles. The highest BCUT2D eigenvalue weighted by atomic mass is 32.2. The minimum Gasteiger partial charge on any atom is -0.505 e. The molecule has 0 fully saturated rings. The Balaban J connectivity index is 3.29. The van der Waals surface area contributed by atoms with Crippen molar-refractivity contribution < 1.29 is 18.4 Å². The van der Waals surface area contributed by atoms with Gasteiger partial charge < -0.3 is 5.11 Å². The largest absolute Gasteiger partial charge is 0.505 e. The lowest BCUT2D eigenvalue weighted by Crippen LogP contribution is -2.24. The molecule has 0 amide bonds. The summed E-state index contributed by atoms with van der Waals surface area (Å²) in [7, 11) is -4.12. The molecular formula is C9H9N3O5S. The van der Waals surface area contributed by atoms with E-state index in [1.165, 1.54) is 12.1 Å². The maximum Gasteiger partial charge on any atom is 0.297 e. The average molecular weight is 271 g/mol. The Morgan fingerprint density at radius 3 is 2.67 bits per heavy atom. The summed E-state index contributed by atoms with van der Waals surface area (Å²) in [5.41, 5.74) is -1.15. The van der Waals surface area contributed by atoms with E-state index in [0.717, 1.165) is 19.1 Å². The van der Waals surface area contributed by atoms with Gasteiger partial charge in [-0.05, 0) is 13.0 Å². The van der Waals surface area contributed by atoms with Gasteiger partial charge >= 0.3 is 0 Å². The van der Waals surface area contributed by atoms with Gasteiger partial charge in [0.2, 0.25) is 10.0 Å². The van der Waals surface area contributed by atoms with Crippen molar-refractivity contribution in [2.75, 3.05) is 4.72 Å². The Morgan fingerprint density at radius 1 is 1.56 bits per heavy atom. The zero-order valence-electron chi connectivity index (χ0n) is 9.19. The van der Waals surface area contributed by atoms with E-state index in [4.69, 9.17) is 5.26 Å². The number of benzene rings is 1. The number of nitro benzene ring substituents is 1. The number of nitriles is 1. The standard InChI is InChI=1S/C9H9N3O5S/c1-6(5-10)18(16,17)11-9-7(12(14)15)3-2-4-8(9)13/h2-4,6,11,13H,1H3. The van der Waals surface area contributed by atoms with E-state index in [1.54, 1.807) is 0 Å². The lowest BCUT2D eigenvalue weighted by atomic mass is 10.2. The molecule has 2 N–H and O–H groups in total. The lowest BCUT2D eigenvalue weighted by Gasteiger charge is -2.10. The van der Waals surface area contributed by atoms with Crippen molar-refractivity contribution in [3.8, 4) is 11.8 Å². The number of phenols is 1. The van der Waals surface area contributed by atoms with Crippen LogP contribution < -0.4 is 4.72 Å². The molecule has 96 valence electrons. The maximum atomic E-state index is 11.6. The number of hydrogen-bond acceptors (Lipinski definition) is 6. The van der Waals surface area contributed by atoms with Gasteiger partial charge in [0.15, 0.2) is 10.9 Å². The number of hydrogen-bond donors (Lipinski definition) is 2. The van der Waals surface area contributed by atoms with Crippen LogP contribution in [0.15, 0.2) is 18.2 Å². The summed E-state index contributed by atoms with van der Waals surface area (Å²) in [5, 5.41) is 27.3. The van der Waals surface area contributed by atoms with Crippen molar-refractivity contribution in [1.29, 1.82) is 5.26 Å². The van der Waals surface area contributed by atoms with E-state index in [2.05, 4.69) is 0 Å². The van der Waals surface area contributed by atoms with E-state index in [9.17, 15) is 23.6 Å². The number of nitro groups is 1.